The fourth-order valence-electron chi connectivity index (χ4n) is 2.31. The van der Waals surface area contributed by atoms with Crippen molar-refractivity contribution in [2.75, 3.05) is 33.4 Å². The third kappa shape index (κ3) is 4.95. The quantitative estimate of drug-likeness (QED) is 0.871. The molecule has 0 aliphatic carbocycles. The van der Waals surface area contributed by atoms with Crippen LogP contribution in [-0.4, -0.2) is 50.4 Å². The minimum atomic E-state index is -0.317. The first-order valence-corrected chi connectivity index (χ1v) is 7.50. The molecule has 1 fully saturated rings. The van der Waals surface area contributed by atoms with Crippen molar-refractivity contribution in [1.29, 1.82) is 0 Å². The molecule has 1 aromatic carbocycles. The Morgan fingerprint density at radius 1 is 1.48 bits per heavy atom. The van der Waals surface area contributed by atoms with E-state index in [1.54, 1.807) is 6.07 Å². The Morgan fingerprint density at radius 2 is 2.29 bits per heavy atom. The summed E-state index contributed by atoms with van der Waals surface area (Å²) in [5.74, 6) is 0.0182. The standard InChI is InChI=1S/C16H25FN2O2/c1-12(2)18-9-13-5-4-6-15(17)16(13)21-11-14-10-19(3)7-8-20-14/h4-6,12,14,18H,7-11H2,1-3H3. The second-order valence-electron chi connectivity index (χ2n) is 5.83. The largest absolute Gasteiger partial charge is 0.487 e. The van der Waals surface area contributed by atoms with Gasteiger partial charge in [0.15, 0.2) is 11.6 Å². The second-order valence-corrected chi connectivity index (χ2v) is 5.83. The number of benzene rings is 1. The van der Waals surface area contributed by atoms with Gasteiger partial charge in [0, 0.05) is 31.2 Å². The van der Waals surface area contributed by atoms with Gasteiger partial charge in [0.25, 0.3) is 0 Å². The monoisotopic (exact) mass is 296 g/mol. The minimum absolute atomic E-state index is 0.00531. The summed E-state index contributed by atoms with van der Waals surface area (Å²) in [5, 5.41) is 3.29. The molecule has 1 atom stereocenters. The number of morpholine rings is 1. The van der Waals surface area contributed by atoms with Gasteiger partial charge < -0.3 is 19.7 Å². The van der Waals surface area contributed by atoms with E-state index < -0.39 is 0 Å². The summed E-state index contributed by atoms with van der Waals surface area (Å²) >= 11 is 0. The fourth-order valence-corrected chi connectivity index (χ4v) is 2.31. The molecule has 5 heteroatoms. The van der Waals surface area contributed by atoms with E-state index in [9.17, 15) is 4.39 Å². The molecule has 1 unspecified atom stereocenters. The first-order chi connectivity index (χ1) is 10.1. The summed E-state index contributed by atoms with van der Waals surface area (Å²) in [6, 6.07) is 5.38. The van der Waals surface area contributed by atoms with Gasteiger partial charge in [-0.2, -0.15) is 0 Å². The first-order valence-electron chi connectivity index (χ1n) is 7.50. The van der Waals surface area contributed by atoms with Crippen molar-refractivity contribution in [3.63, 3.8) is 0 Å². The van der Waals surface area contributed by atoms with Gasteiger partial charge in [0.1, 0.15) is 12.7 Å². The lowest BCUT2D eigenvalue weighted by molar-refractivity contribution is -0.0409. The van der Waals surface area contributed by atoms with Crippen molar-refractivity contribution in [3.05, 3.63) is 29.6 Å². The third-order valence-electron chi connectivity index (χ3n) is 3.50. The third-order valence-corrected chi connectivity index (χ3v) is 3.50. The van der Waals surface area contributed by atoms with Gasteiger partial charge in [0.2, 0.25) is 0 Å². The zero-order valence-corrected chi connectivity index (χ0v) is 13.1. The van der Waals surface area contributed by atoms with Gasteiger partial charge in [-0.15, -0.1) is 0 Å². The highest BCUT2D eigenvalue weighted by Gasteiger charge is 2.19. The normalized spacial score (nSPS) is 20.0. The molecule has 1 aliphatic heterocycles. The molecule has 0 amide bonds. The lowest BCUT2D eigenvalue weighted by Crippen LogP contribution is -2.42. The highest BCUT2D eigenvalue weighted by atomic mass is 19.1. The number of hydrogen-bond donors (Lipinski definition) is 1. The highest BCUT2D eigenvalue weighted by Crippen LogP contribution is 2.23. The average molecular weight is 296 g/mol. The van der Waals surface area contributed by atoms with Crippen molar-refractivity contribution < 1.29 is 13.9 Å². The maximum absolute atomic E-state index is 14.0. The molecule has 0 spiro atoms. The zero-order chi connectivity index (χ0) is 15.2. The Kier molecular flexibility index (Phi) is 5.96. The summed E-state index contributed by atoms with van der Waals surface area (Å²) in [6.07, 6.45) is -0.00531. The Bertz CT molecular complexity index is 454. The Balaban J connectivity index is 1.97. The van der Waals surface area contributed by atoms with Crippen molar-refractivity contribution in [3.8, 4) is 5.75 Å². The predicted octanol–water partition coefficient (Wildman–Crippen LogP) is 2.03. The number of hydrogen-bond acceptors (Lipinski definition) is 4. The second kappa shape index (κ2) is 7.73. The molecular formula is C16H25FN2O2. The molecule has 118 valence electrons. The molecule has 1 heterocycles. The molecule has 21 heavy (non-hydrogen) atoms. The highest BCUT2D eigenvalue weighted by molar-refractivity contribution is 5.35. The van der Waals surface area contributed by atoms with Crippen LogP contribution in [-0.2, 0) is 11.3 Å². The SMILES string of the molecule is CC(C)NCc1cccc(F)c1OCC1CN(C)CCO1. The maximum Gasteiger partial charge on any atom is 0.165 e. The lowest BCUT2D eigenvalue weighted by Gasteiger charge is -2.30. The maximum atomic E-state index is 14.0. The van der Waals surface area contributed by atoms with E-state index >= 15 is 0 Å². The van der Waals surface area contributed by atoms with Gasteiger partial charge in [-0.05, 0) is 13.1 Å². The molecule has 2 rings (SSSR count). The van der Waals surface area contributed by atoms with E-state index in [2.05, 4.69) is 31.1 Å². The van der Waals surface area contributed by atoms with Crippen LogP contribution in [0.25, 0.3) is 0 Å². The minimum Gasteiger partial charge on any atom is -0.487 e. The van der Waals surface area contributed by atoms with Crippen LogP contribution in [0.4, 0.5) is 4.39 Å². The number of rotatable bonds is 6. The van der Waals surface area contributed by atoms with Gasteiger partial charge >= 0.3 is 0 Å². The van der Waals surface area contributed by atoms with Crippen molar-refractivity contribution in [1.82, 2.24) is 10.2 Å². The lowest BCUT2D eigenvalue weighted by atomic mass is 10.2. The number of nitrogens with one attached hydrogen (secondary N) is 1. The van der Waals surface area contributed by atoms with Crippen molar-refractivity contribution >= 4 is 0 Å². The van der Waals surface area contributed by atoms with Crippen LogP contribution in [0.1, 0.15) is 19.4 Å². The Morgan fingerprint density at radius 3 is 3.00 bits per heavy atom. The number of halogens is 1. The predicted molar refractivity (Wildman–Crippen MR) is 81.1 cm³/mol. The van der Waals surface area contributed by atoms with E-state index in [-0.39, 0.29) is 11.9 Å². The van der Waals surface area contributed by atoms with Crippen molar-refractivity contribution in [2.45, 2.75) is 32.5 Å². The smallest absolute Gasteiger partial charge is 0.165 e. The van der Waals surface area contributed by atoms with Crippen LogP contribution in [0.15, 0.2) is 18.2 Å². The fraction of sp³-hybridized carbons (Fsp3) is 0.625. The van der Waals surface area contributed by atoms with Gasteiger partial charge in [0.05, 0.1) is 6.61 Å². The summed E-state index contributed by atoms with van der Waals surface area (Å²) in [6.45, 7) is 7.53. The van der Waals surface area contributed by atoms with Crippen LogP contribution in [0.3, 0.4) is 0 Å². The van der Waals surface area contributed by atoms with E-state index in [1.807, 2.05) is 6.07 Å². The van der Waals surface area contributed by atoms with E-state index in [0.29, 0.717) is 31.5 Å². The molecule has 0 saturated carbocycles. The zero-order valence-electron chi connectivity index (χ0n) is 13.1. The van der Waals surface area contributed by atoms with Crippen LogP contribution in [0.5, 0.6) is 5.75 Å². The number of nitrogens with zero attached hydrogens (tertiary/aromatic N) is 1. The summed E-state index contributed by atoms with van der Waals surface area (Å²) < 4.78 is 25.4. The van der Waals surface area contributed by atoms with E-state index in [4.69, 9.17) is 9.47 Å². The average Bonchev–Trinajstić information content (AvgIpc) is 2.44. The van der Waals surface area contributed by atoms with Crippen molar-refractivity contribution in [2.24, 2.45) is 0 Å². The topological polar surface area (TPSA) is 33.7 Å². The van der Waals surface area contributed by atoms with E-state index in [0.717, 1.165) is 18.7 Å². The molecule has 1 aliphatic rings. The molecule has 0 aromatic heterocycles. The number of ether oxygens (including phenoxy) is 2. The van der Waals surface area contributed by atoms with Crippen LogP contribution >= 0.6 is 0 Å². The molecule has 0 radical (unpaired) electrons. The van der Waals surface area contributed by atoms with Crippen LogP contribution in [0, 0.1) is 5.82 Å². The van der Waals surface area contributed by atoms with Crippen LogP contribution < -0.4 is 10.1 Å². The molecule has 1 saturated heterocycles. The van der Waals surface area contributed by atoms with Gasteiger partial charge in [-0.1, -0.05) is 26.0 Å². The van der Waals surface area contributed by atoms with Crippen LogP contribution in [0.2, 0.25) is 0 Å². The van der Waals surface area contributed by atoms with E-state index in [1.165, 1.54) is 6.07 Å². The molecule has 1 N–H and O–H groups in total. The molecular weight excluding hydrogens is 271 g/mol. The summed E-state index contributed by atoms with van der Waals surface area (Å²) in [4.78, 5) is 2.19. The molecule has 1 aromatic rings. The summed E-state index contributed by atoms with van der Waals surface area (Å²) in [5.41, 5.74) is 0.841. The first kappa shape index (κ1) is 16.2. The molecule has 0 bridgehead atoms. The number of para-hydroxylation sites is 1. The Labute approximate surface area is 126 Å². The molecule has 4 nitrogen and oxygen atoms in total. The summed E-state index contributed by atoms with van der Waals surface area (Å²) in [7, 11) is 2.05. The van der Waals surface area contributed by atoms with Gasteiger partial charge in [-0.3, -0.25) is 0 Å². The van der Waals surface area contributed by atoms with Gasteiger partial charge in [-0.25, -0.2) is 4.39 Å². The Hall–Kier alpha value is -1.17. The number of likely N-dealkylation sites (N-methyl/N-ethyl adjacent to an activating group) is 1.